The second-order valence-electron chi connectivity index (χ2n) is 28.1. The minimum absolute atomic E-state index is 0.108. The summed E-state index contributed by atoms with van der Waals surface area (Å²) in [6.45, 7) is 29.9. The molecule has 816 valence electrons. The zero-order valence-electron chi connectivity index (χ0n) is 86.9. The Morgan fingerprint density at radius 2 is 0.351 bits per heavy atom. The summed E-state index contributed by atoms with van der Waals surface area (Å²) in [4.78, 5) is 132. The molecular weight excluding hydrogens is 1960 g/mol. The lowest BCUT2D eigenvalue weighted by Crippen LogP contribution is -2.04. The molecule has 12 heterocycles. The number of aliphatic hydroxyl groups excluding tert-OH is 3. The first-order valence-electron chi connectivity index (χ1n) is 45.8. The summed E-state index contributed by atoms with van der Waals surface area (Å²) in [5.74, 6) is 3.94. The molecule has 0 saturated heterocycles. The van der Waals surface area contributed by atoms with Crippen molar-refractivity contribution in [3.63, 3.8) is 0 Å². The maximum Gasteiger partial charge on any atom is 0.374 e. The lowest BCUT2D eigenvalue weighted by molar-refractivity contribution is 0.0455. The van der Waals surface area contributed by atoms with E-state index in [0.717, 1.165) is 25.0 Å². The molecule has 45 nitrogen and oxygen atoms in total. The summed E-state index contributed by atoms with van der Waals surface area (Å²) < 4.78 is 146. The van der Waals surface area contributed by atoms with Gasteiger partial charge in [0, 0.05) is 41.2 Å². The standard InChI is InChI=1S/2C10H14O4.4C9H12O4.C9H12O3.2C8H10O4.C8H10O3.C7H8O4.C7H8O3/c1-3-6-13-10(11)9-5-4-8(14-9)7-12-2;1-3-12-7-8-5-6-9(14-8)10(11)13-4-2;2*1-3-12-6-7-4-5-8(13-7)9(10)11-2;1-3-12-9(10)8-5-4-7(13-8)6-11-2;1-2-5-12-9(11)8-4-3-7(6-10)13-8;1-3-6-11-9(10)8-5-4-7(2)12-8;1-10-5-6-3-4-7(12-6)8(9)11-2;1-2-11-8(10)7-4-3-6(5-9)12-7;1-3-10-8(9)7-5-4-6(2)11-7;1-10-7(9)6-3-2-5(4-8)11-6;1-5-3-4-6(10-5)7(8)9-2/h4-5H,3,6-7H2,1-2H3;5-6H,3-4,7H2,1-2H3;3*4-5H,3,6H2,1-2H3;3-4,10H,2,5-6H2,1H3;4-5H,3,6H2,1-2H3;3-4H,5H2,1-2H3;3-4,9H,2,5H2,1H3;4-5H,3H2,1-2H3;2-3,8H,4H2,1H3;3-4H,1-2H3. The predicted octanol–water partition coefficient (Wildman–Crippen LogP) is 18.1. The summed E-state index contributed by atoms with van der Waals surface area (Å²) in [5, 5.41) is 25.8. The van der Waals surface area contributed by atoms with E-state index >= 15 is 0 Å². The number of carbonyl (C=O) groups excluding carboxylic acids is 12. The van der Waals surface area contributed by atoms with Crippen LogP contribution in [0.5, 0.6) is 0 Å². The summed E-state index contributed by atoms with van der Waals surface area (Å²) in [6, 6.07) is 38.6. The highest BCUT2D eigenvalue weighted by atomic mass is 16.6. The largest absolute Gasteiger partial charge is 0.463 e. The number of aryl methyl sites for hydroxylation is 3. The van der Waals surface area contributed by atoms with Gasteiger partial charge in [0.1, 0.15) is 129 Å². The lowest BCUT2D eigenvalue weighted by atomic mass is 10.4. The van der Waals surface area contributed by atoms with Crippen LogP contribution in [-0.2, 0) is 145 Å². The minimum atomic E-state index is -0.537. The van der Waals surface area contributed by atoms with Gasteiger partial charge in [0.25, 0.3) is 0 Å². The molecule has 0 saturated carbocycles. The lowest BCUT2D eigenvalue weighted by Gasteiger charge is -1.99. The average molecular weight is 2090 g/mol. The topological polar surface area (TPSA) is 589 Å². The molecule has 0 aliphatic rings. The van der Waals surface area contributed by atoms with Crippen molar-refractivity contribution in [3.05, 3.63) is 284 Å². The van der Waals surface area contributed by atoms with Gasteiger partial charge in [-0.15, -0.1) is 0 Å². The second-order valence-corrected chi connectivity index (χ2v) is 28.1. The van der Waals surface area contributed by atoms with Crippen LogP contribution in [0.25, 0.3) is 0 Å². The van der Waals surface area contributed by atoms with E-state index in [-0.39, 0.29) is 94.9 Å². The first-order valence-corrected chi connectivity index (χ1v) is 45.8. The molecule has 0 atom stereocenters. The molecule has 0 unspecified atom stereocenters. The summed E-state index contributed by atoms with van der Waals surface area (Å²) in [5.41, 5.74) is 0. The normalized spacial score (nSPS) is 9.89. The number of furan rings is 12. The third-order valence-electron chi connectivity index (χ3n) is 16.6. The van der Waals surface area contributed by atoms with Crippen LogP contribution in [0.3, 0.4) is 0 Å². The fourth-order valence-electron chi connectivity index (χ4n) is 9.89. The van der Waals surface area contributed by atoms with Gasteiger partial charge in [0.2, 0.25) is 69.1 Å². The number of esters is 12. The Kier molecular flexibility index (Phi) is 69.7. The van der Waals surface area contributed by atoms with E-state index in [2.05, 4.69) is 28.4 Å². The smallest absolute Gasteiger partial charge is 0.374 e. The second kappa shape index (κ2) is 79.0. The molecule has 12 aromatic rings. The zero-order chi connectivity index (χ0) is 111. The fraction of sp³-hybridized carbons (Fsp3) is 0.417. The molecule has 0 aliphatic carbocycles. The Morgan fingerprint density at radius 1 is 0.196 bits per heavy atom. The van der Waals surface area contributed by atoms with Crippen LogP contribution >= 0.6 is 0 Å². The fourth-order valence-corrected chi connectivity index (χ4v) is 9.89. The van der Waals surface area contributed by atoms with Crippen molar-refractivity contribution in [2.45, 2.75) is 169 Å². The van der Waals surface area contributed by atoms with Gasteiger partial charge in [-0.25, -0.2) is 57.5 Å². The van der Waals surface area contributed by atoms with Crippen molar-refractivity contribution in [3.8, 4) is 0 Å². The molecule has 12 rings (SSSR count). The quantitative estimate of drug-likeness (QED) is 0.0237. The van der Waals surface area contributed by atoms with Crippen molar-refractivity contribution in [2.24, 2.45) is 0 Å². The SMILES string of the molecule is CCCOC(=O)c1ccc(C)o1.CCCOC(=O)c1ccc(CO)o1.CCCOC(=O)c1ccc(COC)o1.CCOC(=O)c1ccc(C)o1.CCOC(=O)c1ccc(CO)o1.CCOC(=O)c1ccc(COC)o1.CCOCc1ccc(C(=O)OC)o1.CCOCc1ccc(C(=O)OC)o1.CCOCc1ccc(C(=O)OCC)o1.COC(=O)c1ccc(C)o1.COC(=O)c1ccc(CO)o1.COCc1ccc(C(=O)OC)o1. The van der Waals surface area contributed by atoms with Crippen LogP contribution in [0.1, 0.15) is 284 Å². The molecule has 3 N–H and O–H groups in total. The van der Waals surface area contributed by atoms with Gasteiger partial charge in [0.05, 0.1) is 81.8 Å². The molecule has 0 aromatic carbocycles. The van der Waals surface area contributed by atoms with Gasteiger partial charge < -0.3 is 154 Å². The third-order valence-corrected chi connectivity index (χ3v) is 16.6. The van der Waals surface area contributed by atoms with E-state index in [1.54, 1.807) is 185 Å². The summed E-state index contributed by atoms with van der Waals surface area (Å²) in [6.07, 6.45) is 2.40. The summed E-state index contributed by atoms with van der Waals surface area (Å²) in [7, 11) is 11.2. The van der Waals surface area contributed by atoms with Gasteiger partial charge in [-0.1, -0.05) is 20.8 Å². The molecule has 45 heteroatoms. The monoisotopic (exact) mass is 2090 g/mol. The predicted molar refractivity (Wildman–Crippen MR) is 517 cm³/mol. The molecule has 0 bridgehead atoms. The zero-order valence-corrected chi connectivity index (χ0v) is 86.9. The molecule has 0 amide bonds. The van der Waals surface area contributed by atoms with E-state index in [0.29, 0.717) is 169 Å². The molecule has 0 spiro atoms. The number of hydrogen-bond acceptors (Lipinski definition) is 45. The Hall–Kier alpha value is -15.4. The minimum Gasteiger partial charge on any atom is -0.463 e. The number of rotatable bonds is 40. The van der Waals surface area contributed by atoms with E-state index in [1.807, 2.05) is 41.5 Å². The van der Waals surface area contributed by atoms with Crippen LogP contribution in [0.2, 0.25) is 0 Å². The maximum atomic E-state index is 11.3. The van der Waals surface area contributed by atoms with Gasteiger partial charge >= 0.3 is 71.6 Å². The first-order chi connectivity index (χ1) is 71.2. The van der Waals surface area contributed by atoms with Crippen molar-refractivity contribution >= 4 is 71.6 Å². The number of aliphatic hydroxyl groups is 3. The maximum absolute atomic E-state index is 11.3. The number of hydrogen-bond donors (Lipinski definition) is 3. The molecular formula is C103H134O45. The molecule has 0 aliphatic heterocycles. The third kappa shape index (κ3) is 54.0. The van der Waals surface area contributed by atoms with E-state index in [4.69, 9.17) is 125 Å². The van der Waals surface area contributed by atoms with E-state index < -0.39 is 65.7 Å². The van der Waals surface area contributed by atoms with Crippen molar-refractivity contribution < 1.29 is 211 Å². The van der Waals surface area contributed by atoms with Crippen LogP contribution in [-0.4, -0.2) is 210 Å². The van der Waals surface area contributed by atoms with Crippen LogP contribution in [0.4, 0.5) is 0 Å². The molecule has 0 fully saturated rings. The van der Waals surface area contributed by atoms with Gasteiger partial charge in [-0.05, 0) is 234 Å². The molecule has 12 aromatic heterocycles. The van der Waals surface area contributed by atoms with E-state index in [9.17, 15) is 57.5 Å². The first kappa shape index (κ1) is 131. The van der Waals surface area contributed by atoms with Gasteiger partial charge in [-0.2, -0.15) is 0 Å². The molecule has 0 radical (unpaired) electrons. The number of carbonyl (C=O) groups is 12. The Labute approximate surface area is 854 Å². The van der Waals surface area contributed by atoms with Crippen LogP contribution in [0.15, 0.2) is 199 Å². The number of methoxy groups -OCH3 is 8. The highest BCUT2D eigenvalue weighted by Crippen LogP contribution is 2.20. The van der Waals surface area contributed by atoms with Crippen molar-refractivity contribution in [1.82, 2.24) is 0 Å². The molecule has 148 heavy (non-hydrogen) atoms. The van der Waals surface area contributed by atoms with Crippen LogP contribution in [0, 0.1) is 20.8 Å². The Morgan fingerprint density at radius 3 is 0.500 bits per heavy atom. The van der Waals surface area contributed by atoms with Crippen molar-refractivity contribution in [1.29, 1.82) is 0 Å². The van der Waals surface area contributed by atoms with E-state index in [1.165, 1.54) is 65.9 Å². The number of ether oxygens (including phenoxy) is 18. The summed E-state index contributed by atoms with van der Waals surface area (Å²) >= 11 is 0. The highest BCUT2D eigenvalue weighted by Gasteiger charge is 2.21. The van der Waals surface area contributed by atoms with Crippen LogP contribution < -0.4 is 0 Å². The average Bonchev–Trinajstić information content (AvgIpc) is 1.75. The Balaban J connectivity index is 0.000000808. The van der Waals surface area contributed by atoms with Gasteiger partial charge in [0.15, 0.2) is 0 Å². The van der Waals surface area contributed by atoms with Gasteiger partial charge in [-0.3, -0.25) is 0 Å². The van der Waals surface area contributed by atoms with Crippen molar-refractivity contribution in [2.75, 3.05) is 123 Å². The highest BCUT2D eigenvalue weighted by molar-refractivity contribution is 5.91. The Bertz CT molecular complexity index is 5600.